The average Bonchev–Trinajstić information content (AvgIpc) is 2.91. The van der Waals surface area contributed by atoms with Gasteiger partial charge < -0.3 is 15.1 Å². The highest BCUT2D eigenvalue weighted by Gasteiger charge is 2.20. The summed E-state index contributed by atoms with van der Waals surface area (Å²) < 4.78 is 0. The molecule has 0 aliphatic carbocycles. The SMILES string of the molecule is CCN(Cc1ccncc1)C(=O)NCC[C@H]1CCCN1C. The number of carbonyl (C=O) groups excluding carboxylic acids is 1. The van der Waals surface area contributed by atoms with Crippen LogP contribution in [-0.4, -0.2) is 53.5 Å². The van der Waals surface area contributed by atoms with E-state index in [0.717, 1.165) is 18.5 Å². The molecule has 1 aliphatic rings. The highest BCUT2D eigenvalue weighted by atomic mass is 16.2. The van der Waals surface area contributed by atoms with Gasteiger partial charge in [-0.2, -0.15) is 0 Å². The third-order valence-electron chi connectivity index (χ3n) is 4.22. The number of urea groups is 1. The molecule has 0 bridgehead atoms. The largest absolute Gasteiger partial charge is 0.338 e. The predicted molar refractivity (Wildman–Crippen MR) is 84.0 cm³/mol. The van der Waals surface area contributed by atoms with Gasteiger partial charge in [0, 0.05) is 38.1 Å². The number of likely N-dealkylation sites (tertiary alicyclic amines) is 1. The van der Waals surface area contributed by atoms with E-state index in [9.17, 15) is 4.79 Å². The summed E-state index contributed by atoms with van der Waals surface area (Å²) in [5.74, 6) is 0. The Labute approximate surface area is 127 Å². The monoisotopic (exact) mass is 290 g/mol. The van der Waals surface area contributed by atoms with Gasteiger partial charge in [0.15, 0.2) is 0 Å². The van der Waals surface area contributed by atoms with E-state index in [1.54, 1.807) is 12.4 Å². The van der Waals surface area contributed by atoms with Crippen molar-refractivity contribution in [3.8, 4) is 0 Å². The second kappa shape index (κ2) is 7.98. The second-order valence-corrected chi connectivity index (χ2v) is 5.67. The van der Waals surface area contributed by atoms with Gasteiger partial charge in [-0.15, -0.1) is 0 Å². The summed E-state index contributed by atoms with van der Waals surface area (Å²) in [5.41, 5.74) is 1.11. The molecule has 1 aliphatic heterocycles. The van der Waals surface area contributed by atoms with E-state index in [1.807, 2.05) is 24.0 Å². The molecule has 0 radical (unpaired) electrons. The van der Waals surface area contributed by atoms with Crippen LogP contribution in [0.25, 0.3) is 0 Å². The van der Waals surface area contributed by atoms with E-state index < -0.39 is 0 Å². The van der Waals surface area contributed by atoms with Crippen LogP contribution >= 0.6 is 0 Å². The molecule has 5 heteroatoms. The second-order valence-electron chi connectivity index (χ2n) is 5.67. The molecule has 2 amide bonds. The Morgan fingerprint density at radius 3 is 2.86 bits per heavy atom. The van der Waals surface area contributed by atoms with E-state index in [1.165, 1.54) is 19.4 Å². The van der Waals surface area contributed by atoms with Crippen molar-refractivity contribution in [1.29, 1.82) is 0 Å². The van der Waals surface area contributed by atoms with E-state index in [2.05, 4.69) is 22.2 Å². The minimum atomic E-state index is 0.0231. The van der Waals surface area contributed by atoms with Crippen LogP contribution in [0.15, 0.2) is 24.5 Å². The summed E-state index contributed by atoms with van der Waals surface area (Å²) in [7, 11) is 2.17. The van der Waals surface area contributed by atoms with Crippen molar-refractivity contribution in [2.24, 2.45) is 0 Å². The summed E-state index contributed by atoms with van der Waals surface area (Å²) in [5, 5.41) is 3.05. The molecule has 0 saturated carbocycles. The number of rotatable bonds is 6. The Morgan fingerprint density at radius 2 is 2.24 bits per heavy atom. The zero-order valence-electron chi connectivity index (χ0n) is 13.1. The number of amides is 2. The highest BCUT2D eigenvalue weighted by Crippen LogP contribution is 2.17. The van der Waals surface area contributed by atoms with Gasteiger partial charge in [0.1, 0.15) is 0 Å². The first-order valence-corrected chi connectivity index (χ1v) is 7.82. The molecule has 2 heterocycles. The lowest BCUT2D eigenvalue weighted by Crippen LogP contribution is -2.41. The van der Waals surface area contributed by atoms with Crippen molar-refractivity contribution in [2.45, 2.75) is 38.8 Å². The van der Waals surface area contributed by atoms with Crippen LogP contribution < -0.4 is 5.32 Å². The first-order valence-electron chi connectivity index (χ1n) is 7.82. The molecule has 0 unspecified atom stereocenters. The summed E-state index contributed by atoms with van der Waals surface area (Å²) in [6.45, 7) is 5.28. The maximum atomic E-state index is 12.2. The van der Waals surface area contributed by atoms with Crippen LogP contribution in [0.3, 0.4) is 0 Å². The number of nitrogens with one attached hydrogen (secondary N) is 1. The summed E-state index contributed by atoms with van der Waals surface area (Å²) in [6, 6.07) is 4.54. The number of hydrogen-bond donors (Lipinski definition) is 1. The molecular formula is C16H26N4O. The van der Waals surface area contributed by atoms with Crippen LogP contribution in [0.4, 0.5) is 4.79 Å². The normalized spacial score (nSPS) is 18.7. The third kappa shape index (κ3) is 4.70. The number of pyridine rings is 1. The van der Waals surface area contributed by atoms with Crippen LogP contribution in [0.2, 0.25) is 0 Å². The van der Waals surface area contributed by atoms with Crippen molar-refractivity contribution in [1.82, 2.24) is 20.1 Å². The first kappa shape index (κ1) is 15.8. The molecule has 1 aromatic heterocycles. The van der Waals surface area contributed by atoms with Crippen molar-refractivity contribution < 1.29 is 4.79 Å². The Balaban J connectivity index is 1.75. The lowest BCUT2D eigenvalue weighted by molar-refractivity contribution is 0.196. The van der Waals surface area contributed by atoms with Crippen LogP contribution in [0.5, 0.6) is 0 Å². The number of nitrogens with zero attached hydrogens (tertiary/aromatic N) is 3. The van der Waals surface area contributed by atoms with E-state index in [4.69, 9.17) is 0 Å². The quantitative estimate of drug-likeness (QED) is 0.873. The summed E-state index contributed by atoms with van der Waals surface area (Å²) in [4.78, 5) is 20.4. The molecule has 0 spiro atoms. The van der Waals surface area contributed by atoms with Gasteiger partial charge >= 0.3 is 6.03 Å². The molecule has 5 nitrogen and oxygen atoms in total. The van der Waals surface area contributed by atoms with Crippen LogP contribution in [-0.2, 0) is 6.54 Å². The lowest BCUT2D eigenvalue weighted by Gasteiger charge is -2.23. The number of aromatic nitrogens is 1. The molecule has 2 rings (SSSR count). The maximum Gasteiger partial charge on any atom is 0.317 e. The minimum Gasteiger partial charge on any atom is -0.338 e. The molecule has 1 fully saturated rings. The molecule has 1 aromatic rings. The standard InChI is InChI=1S/C16H26N4O/c1-3-20(13-14-6-9-17-10-7-14)16(21)18-11-8-15-5-4-12-19(15)2/h6-7,9-10,15H,3-5,8,11-13H2,1-2H3,(H,18,21)/t15-/m1/s1. The number of hydrogen-bond acceptors (Lipinski definition) is 3. The fraction of sp³-hybridized carbons (Fsp3) is 0.625. The fourth-order valence-electron chi connectivity index (χ4n) is 2.84. The van der Waals surface area contributed by atoms with Gasteiger partial charge in [0.25, 0.3) is 0 Å². The minimum absolute atomic E-state index is 0.0231. The smallest absolute Gasteiger partial charge is 0.317 e. The van der Waals surface area contributed by atoms with Gasteiger partial charge in [-0.25, -0.2) is 4.79 Å². The van der Waals surface area contributed by atoms with E-state index in [0.29, 0.717) is 19.1 Å². The van der Waals surface area contributed by atoms with Gasteiger partial charge in [0.05, 0.1) is 0 Å². The number of carbonyl (C=O) groups is 1. The third-order valence-corrected chi connectivity index (χ3v) is 4.22. The Bertz CT molecular complexity index is 437. The highest BCUT2D eigenvalue weighted by molar-refractivity contribution is 5.74. The van der Waals surface area contributed by atoms with Crippen molar-refractivity contribution >= 4 is 6.03 Å². The van der Waals surface area contributed by atoms with Gasteiger partial charge in [-0.05, 0) is 57.5 Å². The Kier molecular flexibility index (Phi) is 5.99. The van der Waals surface area contributed by atoms with Crippen molar-refractivity contribution in [3.63, 3.8) is 0 Å². The topological polar surface area (TPSA) is 48.5 Å². The molecule has 1 saturated heterocycles. The van der Waals surface area contributed by atoms with Gasteiger partial charge in [0.2, 0.25) is 0 Å². The Hall–Kier alpha value is -1.62. The molecule has 21 heavy (non-hydrogen) atoms. The Morgan fingerprint density at radius 1 is 1.48 bits per heavy atom. The molecule has 1 atom stereocenters. The summed E-state index contributed by atoms with van der Waals surface area (Å²) in [6.07, 6.45) is 7.09. The molecule has 116 valence electrons. The van der Waals surface area contributed by atoms with Gasteiger partial charge in [-0.3, -0.25) is 4.98 Å². The maximum absolute atomic E-state index is 12.2. The zero-order chi connectivity index (χ0) is 15.1. The van der Waals surface area contributed by atoms with E-state index in [-0.39, 0.29) is 6.03 Å². The van der Waals surface area contributed by atoms with E-state index >= 15 is 0 Å². The fourth-order valence-corrected chi connectivity index (χ4v) is 2.84. The summed E-state index contributed by atoms with van der Waals surface area (Å²) >= 11 is 0. The van der Waals surface area contributed by atoms with Gasteiger partial charge in [-0.1, -0.05) is 0 Å². The zero-order valence-corrected chi connectivity index (χ0v) is 13.1. The molecular weight excluding hydrogens is 264 g/mol. The molecule has 1 N–H and O–H groups in total. The van der Waals surface area contributed by atoms with Crippen molar-refractivity contribution in [3.05, 3.63) is 30.1 Å². The average molecular weight is 290 g/mol. The van der Waals surface area contributed by atoms with Crippen molar-refractivity contribution in [2.75, 3.05) is 26.7 Å². The van der Waals surface area contributed by atoms with Crippen LogP contribution in [0, 0.1) is 0 Å². The lowest BCUT2D eigenvalue weighted by atomic mass is 10.1. The van der Waals surface area contributed by atoms with Crippen LogP contribution in [0.1, 0.15) is 31.7 Å². The first-order chi connectivity index (χ1) is 10.2. The molecule has 0 aromatic carbocycles. The predicted octanol–water partition coefficient (Wildman–Crippen LogP) is 2.10.